The van der Waals surface area contributed by atoms with Crippen LogP contribution in [0.5, 0.6) is 23.0 Å². The summed E-state index contributed by atoms with van der Waals surface area (Å²) in [4.78, 5) is 14.4. The third-order valence-electron chi connectivity index (χ3n) is 11.5. The lowest BCUT2D eigenvalue weighted by Crippen LogP contribution is -2.34. The van der Waals surface area contributed by atoms with Crippen LogP contribution in [0.25, 0.3) is 28.0 Å². The highest BCUT2D eigenvalue weighted by Crippen LogP contribution is 2.53. The third kappa shape index (κ3) is 18.6. The summed E-state index contributed by atoms with van der Waals surface area (Å²) in [6.45, 7) is 4.15. The van der Waals surface area contributed by atoms with Crippen LogP contribution < -0.4 is 18.9 Å². The van der Waals surface area contributed by atoms with Crippen LogP contribution in [0.3, 0.4) is 0 Å². The van der Waals surface area contributed by atoms with E-state index in [0.29, 0.717) is 52.9 Å². The van der Waals surface area contributed by atoms with Gasteiger partial charge in [-0.2, -0.15) is 0 Å². The average molecular weight is 1190 g/mol. The molecule has 5 aromatic carbocycles. The van der Waals surface area contributed by atoms with Gasteiger partial charge in [-0.1, -0.05) is 42.0 Å². The molecule has 0 bridgehead atoms. The van der Waals surface area contributed by atoms with Gasteiger partial charge in [0.1, 0.15) is 61.6 Å². The maximum Gasteiger partial charge on any atom is 0.195 e. The molecule has 0 fully saturated rings. The number of fused-ring (bicyclic) bond motifs is 8. The minimum absolute atomic E-state index is 0. The minimum atomic E-state index is -1.18. The van der Waals surface area contributed by atoms with Crippen molar-refractivity contribution in [3.63, 3.8) is 0 Å². The van der Waals surface area contributed by atoms with Crippen molar-refractivity contribution in [3.8, 4) is 249 Å². The number of ether oxygens (including phenoxy) is 8. The molecule has 0 spiro atoms. The maximum atomic E-state index is 14.4. The lowest BCUT2D eigenvalue weighted by molar-refractivity contribution is 0.0697. The highest BCUT2D eigenvalue weighted by molar-refractivity contribution is 6.29. The zero-order chi connectivity index (χ0) is 60.8. The second-order valence-corrected chi connectivity index (χ2v) is 16.9. The van der Waals surface area contributed by atoms with E-state index in [1.54, 1.807) is 7.11 Å². The van der Waals surface area contributed by atoms with E-state index >= 15 is 0 Å². The van der Waals surface area contributed by atoms with Crippen LogP contribution in [0.4, 0.5) is 0 Å². The number of terminal acetylenes is 2. The number of hydrogen-bond acceptors (Lipinski definition) is 9. The van der Waals surface area contributed by atoms with Crippen molar-refractivity contribution < 1.29 is 91.2 Å². The van der Waals surface area contributed by atoms with Crippen molar-refractivity contribution in [2.75, 3.05) is 60.0 Å². The topological polar surface area (TPSA) is 90.9 Å². The molecular weight excluding hydrogens is 1080 g/mol. The summed E-state index contributed by atoms with van der Waals surface area (Å²) >= 11 is 0. The highest BCUT2D eigenvalue weighted by Gasteiger charge is 2.42. The lowest BCUT2D eigenvalue weighted by Gasteiger charge is -2.37. The van der Waals surface area contributed by atoms with Crippen LogP contribution in [0.2, 0.25) is 0 Å². The van der Waals surface area contributed by atoms with E-state index in [0.717, 1.165) is 38.6 Å². The van der Waals surface area contributed by atoms with Gasteiger partial charge in [0.15, 0.2) is 11.4 Å². The molecule has 0 saturated heterocycles. The Morgan fingerprint density at radius 1 is 0.437 bits per heavy atom. The fraction of sp³-hybridized carbons (Fsp3) is 0.141. The Kier molecular flexibility index (Phi) is 24.4. The molecule has 0 amide bonds. The van der Waals surface area contributed by atoms with Gasteiger partial charge in [-0.05, 0) is 173 Å². The molecule has 87 heavy (non-hydrogen) atoms. The first-order valence-corrected chi connectivity index (χ1v) is 26.0. The second-order valence-electron chi connectivity index (χ2n) is 16.9. The van der Waals surface area contributed by atoms with Gasteiger partial charge in [-0.25, -0.2) is 0 Å². The van der Waals surface area contributed by atoms with Gasteiger partial charge in [0.2, 0.25) is 0 Å². The molecule has 0 saturated carbocycles. The summed E-state index contributed by atoms with van der Waals surface area (Å²) in [5.41, 5.74) is 5.12. The molecule has 1 aliphatic heterocycles. The fourth-order valence-corrected chi connectivity index (χ4v) is 7.99. The molecule has 2 aliphatic rings. The van der Waals surface area contributed by atoms with Crippen molar-refractivity contribution in [2.45, 2.75) is 12.5 Å². The number of rotatable bonds is 17. The summed E-state index contributed by atoms with van der Waals surface area (Å²) in [5.74, 6) is 81.9. The molecular formula is C78H108O9. The number of carbonyl (C=O) groups excluding carboxylic acids is 1. The molecule has 474 valence electrons. The molecule has 7 rings (SSSR count). The number of methoxy groups -OCH3 is 1. The Hall–Kier alpha value is -13.4. The summed E-state index contributed by atoms with van der Waals surface area (Å²) in [5, 5.41) is 1.67. The van der Waals surface area contributed by atoms with E-state index in [2.05, 4.69) is 202 Å². The van der Waals surface area contributed by atoms with Crippen LogP contribution >= 0.6 is 0 Å². The van der Waals surface area contributed by atoms with Gasteiger partial charge >= 0.3 is 0 Å². The first-order valence-electron chi connectivity index (χ1n) is 26.0. The van der Waals surface area contributed by atoms with Crippen LogP contribution in [-0.2, 0) is 24.5 Å². The smallest absolute Gasteiger partial charge is 0.195 e. The zero-order valence-corrected chi connectivity index (χ0v) is 46.7. The zero-order valence-electron chi connectivity index (χ0n) is 46.7. The van der Waals surface area contributed by atoms with E-state index in [1.165, 1.54) is 0 Å². The van der Waals surface area contributed by atoms with Gasteiger partial charge < -0.3 is 37.9 Å². The number of aryl methyl sites for hydroxylation is 1. The molecule has 0 radical (unpaired) electrons. The van der Waals surface area contributed by atoms with E-state index in [-0.39, 0.29) is 93.9 Å². The molecule has 1 aliphatic carbocycles. The van der Waals surface area contributed by atoms with E-state index < -0.39 is 5.60 Å². The Morgan fingerprint density at radius 3 is 1.29 bits per heavy atom. The van der Waals surface area contributed by atoms with Crippen LogP contribution in [0.15, 0.2) is 91.0 Å². The number of carbonyl (C=O) groups is 1. The molecule has 0 aromatic heterocycles. The van der Waals surface area contributed by atoms with Crippen molar-refractivity contribution in [1.82, 2.24) is 0 Å². The van der Waals surface area contributed by atoms with Crippen LogP contribution in [0.1, 0.15) is 86.7 Å². The van der Waals surface area contributed by atoms with Gasteiger partial charge in [0.25, 0.3) is 0 Å². The molecule has 9 heteroatoms. The molecule has 0 atom stereocenters. The summed E-state index contributed by atoms with van der Waals surface area (Å²) in [6.07, 6.45) is 19.0. The van der Waals surface area contributed by atoms with Crippen molar-refractivity contribution >= 4 is 22.6 Å². The number of ketones is 1. The van der Waals surface area contributed by atoms with Crippen molar-refractivity contribution in [1.29, 1.82) is 0 Å². The normalized spacial score (nSPS) is 9.77. The second kappa shape index (κ2) is 34.7. The SMILES string of the molecule is C#CC#CC#CC#CC#CC#CC#CC#CC#COCCOCCOc1ccc(C2(c3ccc(OCCOCCOC#CC#CC#CC#CC#CC#CC#CC#CC#C)cc3)C=Cc3c4c(c5ccc(OC)cc5c3O2)-c2ccc(C)cc2C4=O)cc1.[HH].[HH].[HH].[HH].[HH].[HH].[HH].[HH].[HH].[HH].[HH].[HH].[HH].[HH].[HH].[HH].[HH].[HH].[HH].[HH].[HH].[HH].[HH].[HH].[HH].[HH].[HH].[HH].[HH].[HH].[HH].[HH].[HH].[HH]. The van der Waals surface area contributed by atoms with Gasteiger partial charge in [-0.3, -0.25) is 4.79 Å². The number of benzene rings is 5. The highest BCUT2D eigenvalue weighted by atomic mass is 16.5. The standard InChI is InChI=1S/C78H40O9.34H2/c1-5-7-9-11-13-15-17-19-21-23-25-27-29-31-33-35-51-81-53-55-83-57-59-85-66-42-38-64(39-43-66)78(50-49-71-75-74(69-47-37-63(3)61-72(69)76(75)79)70-48-46-68(80-4)62-73(70)77(71)87-78)65-40-44-67(45-41-65)86-60-58-84-56-54-82-52-36-34-32-30-28-26-24-22-20-18-16-14-12-10-8-6-2;;;;;;;;;;;;;;;;;;;;;;;;;;;;;;;;;;/h1-2,37-50,61-62H,53-60H2,3-4H3;34*1H. The van der Waals surface area contributed by atoms with E-state index in [4.69, 9.17) is 50.7 Å². The molecule has 1 heterocycles. The largest absolute Gasteiger partial charge is 0.497 e. The lowest BCUT2D eigenvalue weighted by atomic mass is 9.82. The first kappa shape index (κ1) is 61.2. The van der Waals surface area contributed by atoms with E-state index in [9.17, 15) is 4.79 Å². The Morgan fingerprint density at radius 2 is 0.851 bits per heavy atom. The van der Waals surface area contributed by atoms with Crippen molar-refractivity contribution in [3.05, 3.63) is 124 Å². The Labute approximate surface area is 558 Å². The predicted octanol–water partition coefficient (Wildman–Crippen LogP) is 16.1. The van der Waals surface area contributed by atoms with Gasteiger partial charge in [0.05, 0.1) is 33.5 Å². The van der Waals surface area contributed by atoms with E-state index in [1.807, 2.05) is 104 Å². The summed E-state index contributed by atoms with van der Waals surface area (Å²) in [7, 11) is 1.62. The quantitative estimate of drug-likeness (QED) is 0.0654. The summed E-state index contributed by atoms with van der Waals surface area (Å²) in [6, 6.07) is 27.2. The van der Waals surface area contributed by atoms with Crippen molar-refractivity contribution in [2.24, 2.45) is 0 Å². The molecule has 0 N–H and O–H groups in total. The minimum Gasteiger partial charge on any atom is -0.497 e. The maximum absolute atomic E-state index is 14.4. The Bertz CT molecular complexity index is 4640. The van der Waals surface area contributed by atoms with Crippen LogP contribution in [-0.4, -0.2) is 65.7 Å². The predicted molar refractivity (Wildman–Crippen MR) is 406 cm³/mol. The third-order valence-corrected chi connectivity index (χ3v) is 11.5. The fourth-order valence-electron chi connectivity index (χ4n) is 7.99. The first-order chi connectivity index (χ1) is 43.0. The summed E-state index contributed by atoms with van der Waals surface area (Å²) < 4.78 is 47.2. The molecule has 9 nitrogen and oxygen atoms in total. The Balaban J connectivity index is -0.0000000978. The van der Waals surface area contributed by atoms with Gasteiger partial charge in [-0.15, -0.1) is 12.8 Å². The van der Waals surface area contributed by atoms with Gasteiger partial charge in [0, 0.05) is 182 Å². The van der Waals surface area contributed by atoms with Crippen LogP contribution in [0, 0.1) is 221 Å². The monoisotopic (exact) mass is 1190 g/mol. The average Bonchev–Trinajstić information content (AvgIpc) is 1.61. The number of hydrogen-bond donors (Lipinski definition) is 0. The molecule has 5 aromatic rings. The molecule has 0 unspecified atom stereocenters.